The van der Waals surface area contributed by atoms with Gasteiger partial charge in [-0.2, -0.15) is 0 Å². The van der Waals surface area contributed by atoms with Crippen molar-refractivity contribution in [1.29, 1.82) is 0 Å². The molecule has 2 amide bonds. The minimum Gasteiger partial charge on any atom is -0.481 e. The molecule has 3 N–H and O–H groups in total. The van der Waals surface area contributed by atoms with Gasteiger partial charge in [-0.05, 0) is 27.2 Å². The van der Waals surface area contributed by atoms with E-state index in [0.29, 0.717) is 19.6 Å². The second-order valence-corrected chi connectivity index (χ2v) is 4.74. The van der Waals surface area contributed by atoms with Gasteiger partial charge in [-0.25, -0.2) is 4.79 Å². The van der Waals surface area contributed by atoms with Crippen molar-refractivity contribution in [3.05, 3.63) is 0 Å². The third kappa shape index (κ3) is 9.87. The maximum atomic E-state index is 11.5. The Morgan fingerprint density at radius 2 is 1.89 bits per heavy atom. The molecule has 0 spiro atoms. The normalized spacial score (nSPS) is 10.7. The van der Waals surface area contributed by atoms with Gasteiger partial charge in [0.05, 0.1) is 13.0 Å². The number of carbonyl (C=O) groups is 3. The molecule has 7 nitrogen and oxygen atoms in total. The first-order valence-electron chi connectivity index (χ1n) is 6.20. The molecule has 0 aliphatic heterocycles. The summed E-state index contributed by atoms with van der Waals surface area (Å²) in [5.74, 6) is -1.27. The van der Waals surface area contributed by atoms with E-state index in [-0.39, 0.29) is 18.8 Å². The van der Waals surface area contributed by atoms with Crippen LogP contribution in [0.15, 0.2) is 0 Å². The number of carboxylic acids is 1. The van der Waals surface area contributed by atoms with E-state index in [1.54, 1.807) is 20.8 Å². The predicted octanol–water partition coefficient (Wildman–Crippen LogP) is 0.882. The summed E-state index contributed by atoms with van der Waals surface area (Å²) < 4.78 is 4.74. The molecule has 0 saturated heterocycles. The lowest BCUT2D eigenvalue weighted by Gasteiger charge is -2.24. The van der Waals surface area contributed by atoms with E-state index < -0.39 is 17.5 Å². The highest BCUT2D eigenvalue weighted by Crippen LogP contribution is 2.07. The zero-order chi connectivity index (χ0) is 14.9. The van der Waals surface area contributed by atoms with Crippen molar-refractivity contribution in [3.63, 3.8) is 0 Å². The maximum Gasteiger partial charge on any atom is 0.315 e. The highest BCUT2D eigenvalue weighted by molar-refractivity contribution is 5.76. The van der Waals surface area contributed by atoms with Crippen molar-refractivity contribution in [3.8, 4) is 0 Å². The van der Waals surface area contributed by atoms with E-state index in [2.05, 4.69) is 10.6 Å². The van der Waals surface area contributed by atoms with Gasteiger partial charge in [0.15, 0.2) is 0 Å². The quantitative estimate of drug-likeness (QED) is 0.450. The zero-order valence-corrected chi connectivity index (χ0v) is 11.6. The number of carboxylic acid groups (broad SMARTS) is 1. The van der Waals surface area contributed by atoms with Gasteiger partial charge in [-0.1, -0.05) is 0 Å². The Morgan fingerprint density at radius 3 is 2.42 bits per heavy atom. The zero-order valence-electron chi connectivity index (χ0n) is 11.6. The van der Waals surface area contributed by atoms with Crippen LogP contribution in [-0.4, -0.2) is 41.8 Å². The first kappa shape index (κ1) is 17.2. The molecule has 0 aliphatic carbocycles. The first-order chi connectivity index (χ1) is 8.76. The van der Waals surface area contributed by atoms with Crippen LogP contribution in [0.2, 0.25) is 0 Å². The van der Waals surface area contributed by atoms with Crippen molar-refractivity contribution in [2.24, 2.45) is 0 Å². The Kier molecular flexibility index (Phi) is 7.55. The van der Waals surface area contributed by atoms with E-state index >= 15 is 0 Å². The first-order valence-corrected chi connectivity index (χ1v) is 6.20. The van der Waals surface area contributed by atoms with Gasteiger partial charge in [0.1, 0.15) is 0 Å². The van der Waals surface area contributed by atoms with Crippen LogP contribution in [0.5, 0.6) is 0 Å². The number of urea groups is 1. The topological polar surface area (TPSA) is 105 Å². The number of hydrogen-bond donors (Lipinski definition) is 3. The molecule has 0 unspecified atom stereocenters. The molecule has 0 heterocycles. The highest BCUT2D eigenvalue weighted by Gasteiger charge is 2.23. The summed E-state index contributed by atoms with van der Waals surface area (Å²) in [5.41, 5.74) is -0.822. The predicted molar refractivity (Wildman–Crippen MR) is 68.7 cm³/mol. The van der Waals surface area contributed by atoms with E-state index in [1.165, 1.54) is 0 Å². The van der Waals surface area contributed by atoms with Crippen LogP contribution in [0.1, 0.15) is 40.0 Å². The molecule has 0 saturated carbocycles. The van der Waals surface area contributed by atoms with Crippen LogP contribution < -0.4 is 10.6 Å². The fourth-order valence-corrected chi connectivity index (χ4v) is 1.44. The third-order valence-electron chi connectivity index (χ3n) is 2.19. The number of carbonyl (C=O) groups excluding carboxylic acids is 2. The van der Waals surface area contributed by atoms with E-state index in [1.807, 2.05) is 0 Å². The molecule has 0 aromatic carbocycles. The number of amides is 2. The number of rotatable bonds is 8. The third-order valence-corrected chi connectivity index (χ3v) is 2.19. The van der Waals surface area contributed by atoms with Crippen LogP contribution in [0.4, 0.5) is 4.79 Å². The molecule has 0 atom stereocenters. The molecule has 110 valence electrons. The van der Waals surface area contributed by atoms with Crippen LogP contribution in [0.3, 0.4) is 0 Å². The highest BCUT2D eigenvalue weighted by atomic mass is 16.5. The van der Waals surface area contributed by atoms with Gasteiger partial charge < -0.3 is 20.5 Å². The minimum atomic E-state index is -0.979. The van der Waals surface area contributed by atoms with Crippen molar-refractivity contribution >= 4 is 18.0 Å². The lowest BCUT2D eigenvalue weighted by molar-refractivity contribution is -0.143. The van der Waals surface area contributed by atoms with Crippen molar-refractivity contribution in [2.75, 3.05) is 13.2 Å². The van der Waals surface area contributed by atoms with Gasteiger partial charge in [-0.3, -0.25) is 9.59 Å². The molecule has 0 bridgehead atoms. The number of hydrogen-bond acceptors (Lipinski definition) is 4. The Bertz CT molecular complexity index is 328. The van der Waals surface area contributed by atoms with Gasteiger partial charge in [0, 0.05) is 18.5 Å². The molecule has 0 aromatic heterocycles. The van der Waals surface area contributed by atoms with Crippen LogP contribution in [-0.2, 0) is 14.3 Å². The molecule has 0 aliphatic rings. The summed E-state index contributed by atoms with van der Waals surface area (Å²) >= 11 is 0. The van der Waals surface area contributed by atoms with Crippen LogP contribution >= 0.6 is 0 Å². The second kappa shape index (κ2) is 8.34. The Hall–Kier alpha value is -1.79. The lowest BCUT2D eigenvalue weighted by Crippen LogP contribution is -2.49. The van der Waals surface area contributed by atoms with Crippen molar-refractivity contribution in [1.82, 2.24) is 10.6 Å². The molecule has 0 fully saturated rings. The Labute approximate surface area is 112 Å². The number of esters is 1. The van der Waals surface area contributed by atoms with Gasteiger partial charge in [0.2, 0.25) is 0 Å². The van der Waals surface area contributed by atoms with E-state index in [4.69, 9.17) is 9.84 Å². The Balaban J connectivity index is 3.81. The number of aliphatic carboxylic acids is 1. The largest absolute Gasteiger partial charge is 0.481 e. The fourth-order valence-electron chi connectivity index (χ4n) is 1.44. The number of ether oxygens (including phenoxy) is 1. The maximum absolute atomic E-state index is 11.5. The molecule has 7 heteroatoms. The molecular formula is C12H22N2O5. The Morgan fingerprint density at radius 1 is 1.26 bits per heavy atom. The second-order valence-electron chi connectivity index (χ2n) is 4.74. The van der Waals surface area contributed by atoms with E-state index in [9.17, 15) is 14.4 Å². The summed E-state index contributed by atoms with van der Waals surface area (Å²) in [6.07, 6.45) is 0.557. The number of nitrogens with one attached hydrogen (secondary N) is 2. The van der Waals surface area contributed by atoms with Gasteiger partial charge in [0.25, 0.3) is 0 Å². The SMILES string of the molecule is CCOC(=O)CCCNC(=O)NC(C)(C)CC(=O)O. The molecule has 0 aromatic rings. The molecular weight excluding hydrogens is 252 g/mol. The summed E-state index contributed by atoms with van der Waals surface area (Å²) in [6, 6.07) is -0.449. The summed E-state index contributed by atoms with van der Waals surface area (Å²) in [5, 5.41) is 13.8. The van der Waals surface area contributed by atoms with E-state index in [0.717, 1.165) is 0 Å². The van der Waals surface area contributed by atoms with Gasteiger partial charge in [-0.15, -0.1) is 0 Å². The molecule has 0 radical (unpaired) electrons. The van der Waals surface area contributed by atoms with Crippen LogP contribution in [0.25, 0.3) is 0 Å². The van der Waals surface area contributed by atoms with Crippen molar-refractivity contribution in [2.45, 2.75) is 45.6 Å². The fraction of sp³-hybridized carbons (Fsp3) is 0.750. The molecule has 0 rings (SSSR count). The monoisotopic (exact) mass is 274 g/mol. The summed E-state index contributed by atoms with van der Waals surface area (Å²) in [6.45, 7) is 5.65. The average molecular weight is 274 g/mol. The molecule has 19 heavy (non-hydrogen) atoms. The average Bonchev–Trinajstić information content (AvgIpc) is 2.22. The lowest BCUT2D eigenvalue weighted by atomic mass is 10.0. The van der Waals surface area contributed by atoms with Crippen molar-refractivity contribution < 1.29 is 24.2 Å². The minimum absolute atomic E-state index is 0.163. The van der Waals surface area contributed by atoms with Gasteiger partial charge >= 0.3 is 18.0 Å². The standard InChI is InChI=1S/C12H22N2O5/c1-4-19-10(17)6-5-7-13-11(18)14-12(2,3)8-9(15)16/h4-8H2,1-3H3,(H,15,16)(H2,13,14,18). The summed E-state index contributed by atoms with van der Waals surface area (Å²) in [7, 11) is 0. The van der Waals surface area contributed by atoms with Crippen LogP contribution in [0, 0.1) is 0 Å². The summed E-state index contributed by atoms with van der Waals surface area (Å²) in [4.78, 5) is 33.1. The smallest absolute Gasteiger partial charge is 0.315 e.